The second kappa shape index (κ2) is 5.02. The highest BCUT2D eigenvalue weighted by molar-refractivity contribution is 7.55. The Kier molecular flexibility index (Phi) is 3.64. The van der Waals surface area contributed by atoms with Crippen LogP contribution in [0.1, 0.15) is 26.3 Å². The number of rotatable bonds is 2. The van der Waals surface area contributed by atoms with Crippen molar-refractivity contribution >= 4 is 19.2 Å². The van der Waals surface area contributed by atoms with E-state index in [2.05, 4.69) is 75.4 Å². The lowest BCUT2D eigenvalue weighted by Crippen LogP contribution is -2.12. The summed E-state index contributed by atoms with van der Waals surface area (Å²) in [5.74, 6) is 0. The first-order chi connectivity index (χ1) is 8.05. The van der Waals surface area contributed by atoms with Crippen LogP contribution < -0.4 is 10.6 Å². The first-order valence-corrected chi connectivity index (χ1v) is 6.98. The van der Waals surface area contributed by atoms with E-state index in [-0.39, 0.29) is 5.41 Å². The summed E-state index contributed by atoms with van der Waals surface area (Å²) in [5.41, 5.74) is 1.65. The van der Waals surface area contributed by atoms with Crippen molar-refractivity contribution in [2.24, 2.45) is 0 Å². The van der Waals surface area contributed by atoms with Gasteiger partial charge >= 0.3 is 0 Å². The fourth-order valence-electron chi connectivity index (χ4n) is 1.74. The van der Waals surface area contributed by atoms with Crippen molar-refractivity contribution in [1.29, 1.82) is 0 Å². The molecule has 1 unspecified atom stereocenters. The van der Waals surface area contributed by atoms with Crippen molar-refractivity contribution in [3.8, 4) is 0 Å². The molecule has 0 aliphatic carbocycles. The van der Waals surface area contributed by atoms with Crippen LogP contribution in [0, 0.1) is 0 Å². The van der Waals surface area contributed by atoms with E-state index in [1.54, 1.807) is 0 Å². The molecule has 0 saturated carbocycles. The minimum Gasteiger partial charge on any atom is -0.0622 e. The zero-order valence-electron chi connectivity index (χ0n) is 10.7. The minimum atomic E-state index is 0.244. The molecule has 0 fully saturated rings. The molecular weight excluding hydrogens is 223 g/mol. The Hall–Kier alpha value is -1.13. The molecule has 0 aliphatic rings. The Labute approximate surface area is 106 Å². The summed E-state index contributed by atoms with van der Waals surface area (Å²) in [7, 11) is 0.757. The highest BCUT2D eigenvalue weighted by atomic mass is 31.1. The summed E-state index contributed by atoms with van der Waals surface area (Å²) >= 11 is 0. The zero-order chi connectivity index (χ0) is 12.3. The van der Waals surface area contributed by atoms with Crippen LogP contribution in [0.3, 0.4) is 0 Å². The van der Waals surface area contributed by atoms with Crippen LogP contribution in [0.4, 0.5) is 0 Å². The van der Waals surface area contributed by atoms with E-state index >= 15 is 0 Å². The molecule has 0 nitrogen and oxygen atoms in total. The quantitative estimate of drug-likeness (QED) is 0.706. The molecule has 0 radical (unpaired) electrons. The van der Waals surface area contributed by atoms with Gasteiger partial charge in [0.05, 0.1) is 0 Å². The topological polar surface area (TPSA) is 0 Å². The Bertz CT molecular complexity index is 463. The normalized spacial score (nSPS) is 12.2. The van der Waals surface area contributed by atoms with Crippen molar-refractivity contribution in [2.45, 2.75) is 26.2 Å². The van der Waals surface area contributed by atoms with E-state index in [1.807, 2.05) is 0 Å². The maximum absolute atomic E-state index is 2.26. The molecule has 0 saturated heterocycles. The van der Waals surface area contributed by atoms with Gasteiger partial charge in [0.1, 0.15) is 0 Å². The highest BCUT2D eigenvalue weighted by Gasteiger charge is 2.12. The minimum absolute atomic E-state index is 0.244. The second-order valence-corrected chi connectivity index (χ2v) is 6.72. The van der Waals surface area contributed by atoms with Crippen LogP contribution in [-0.4, -0.2) is 0 Å². The molecule has 0 heterocycles. The molecule has 1 atom stereocenters. The third kappa shape index (κ3) is 3.41. The summed E-state index contributed by atoms with van der Waals surface area (Å²) in [4.78, 5) is 0. The van der Waals surface area contributed by atoms with Gasteiger partial charge in [-0.15, -0.1) is 0 Å². The monoisotopic (exact) mass is 242 g/mol. The lowest BCUT2D eigenvalue weighted by Gasteiger charge is -2.19. The fraction of sp³-hybridized carbons (Fsp3) is 0.250. The Morgan fingerprint density at radius 3 is 1.76 bits per heavy atom. The molecule has 2 rings (SSSR count). The number of benzene rings is 2. The fourth-order valence-corrected chi connectivity index (χ4v) is 2.77. The summed E-state index contributed by atoms with van der Waals surface area (Å²) in [6, 6.07) is 19.7. The van der Waals surface area contributed by atoms with Gasteiger partial charge in [0.15, 0.2) is 0 Å². The first-order valence-electron chi connectivity index (χ1n) is 5.98. The Balaban J connectivity index is 2.14. The molecule has 2 aromatic rings. The lowest BCUT2D eigenvalue weighted by molar-refractivity contribution is 0.590. The maximum Gasteiger partial charge on any atom is -0.0132 e. The molecule has 1 heteroatoms. The molecule has 88 valence electrons. The standard InChI is InChI=1S/C16H19P/c1-16(2,3)13-9-11-15(12-10-13)17-14-7-5-4-6-8-14/h4-12,17H,1-3H3. The molecule has 0 N–H and O–H groups in total. The Morgan fingerprint density at radius 2 is 1.24 bits per heavy atom. The summed E-state index contributed by atoms with van der Waals surface area (Å²) < 4.78 is 0. The van der Waals surface area contributed by atoms with Crippen molar-refractivity contribution in [2.75, 3.05) is 0 Å². The zero-order valence-corrected chi connectivity index (χ0v) is 11.7. The summed E-state index contributed by atoms with van der Waals surface area (Å²) in [5, 5.41) is 2.81. The van der Waals surface area contributed by atoms with Gasteiger partial charge in [0.2, 0.25) is 0 Å². The summed E-state index contributed by atoms with van der Waals surface area (Å²) in [6.45, 7) is 6.75. The van der Waals surface area contributed by atoms with Crippen molar-refractivity contribution in [1.82, 2.24) is 0 Å². The molecule has 0 amide bonds. The third-order valence-electron chi connectivity index (χ3n) is 2.81. The van der Waals surface area contributed by atoms with E-state index in [0.717, 1.165) is 8.58 Å². The van der Waals surface area contributed by atoms with Gasteiger partial charge in [-0.1, -0.05) is 83.9 Å². The van der Waals surface area contributed by atoms with Crippen LogP contribution in [0.2, 0.25) is 0 Å². The average Bonchev–Trinajstić information content (AvgIpc) is 2.30. The van der Waals surface area contributed by atoms with E-state index < -0.39 is 0 Å². The number of hydrogen-bond donors (Lipinski definition) is 0. The molecule has 0 aliphatic heterocycles. The lowest BCUT2D eigenvalue weighted by atomic mass is 9.87. The van der Waals surface area contributed by atoms with Gasteiger partial charge in [0, 0.05) is 0 Å². The van der Waals surface area contributed by atoms with Crippen LogP contribution in [0.15, 0.2) is 54.6 Å². The maximum atomic E-state index is 2.26. The van der Waals surface area contributed by atoms with Crippen LogP contribution >= 0.6 is 8.58 Å². The molecular formula is C16H19P. The van der Waals surface area contributed by atoms with E-state index in [4.69, 9.17) is 0 Å². The van der Waals surface area contributed by atoms with E-state index in [0.29, 0.717) is 0 Å². The Morgan fingerprint density at radius 1 is 0.706 bits per heavy atom. The highest BCUT2D eigenvalue weighted by Crippen LogP contribution is 2.22. The van der Waals surface area contributed by atoms with Gasteiger partial charge < -0.3 is 0 Å². The molecule has 0 spiro atoms. The third-order valence-corrected chi connectivity index (χ3v) is 4.06. The van der Waals surface area contributed by atoms with Gasteiger partial charge in [-0.05, 0) is 21.6 Å². The predicted octanol–water partition coefficient (Wildman–Crippen LogP) is 3.61. The van der Waals surface area contributed by atoms with Crippen LogP contribution in [0.25, 0.3) is 0 Å². The second-order valence-electron chi connectivity index (χ2n) is 5.32. The van der Waals surface area contributed by atoms with Crippen molar-refractivity contribution in [3.63, 3.8) is 0 Å². The SMILES string of the molecule is CC(C)(C)c1ccc(Pc2ccccc2)cc1. The van der Waals surface area contributed by atoms with Crippen LogP contribution in [-0.2, 0) is 5.41 Å². The van der Waals surface area contributed by atoms with E-state index in [1.165, 1.54) is 16.2 Å². The van der Waals surface area contributed by atoms with E-state index in [9.17, 15) is 0 Å². The van der Waals surface area contributed by atoms with Gasteiger partial charge in [-0.2, -0.15) is 0 Å². The predicted molar refractivity (Wildman–Crippen MR) is 79.2 cm³/mol. The van der Waals surface area contributed by atoms with Gasteiger partial charge in [-0.25, -0.2) is 0 Å². The van der Waals surface area contributed by atoms with Crippen LogP contribution in [0.5, 0.6) is 0 Å². The van der Waals surface area contributed by atoms with Crippen molar-refractivity contribution < 1.29 is 0 Å². The largest absolute Gasteiger partial charge is 0.0622 e. The first kappa shape index (κ1) is 12.3. The van der Waals surface area contributed by atoms with Gasteiger partial charge in [-0.3, -0.25) is 0 Å². The molecule has 2 aromatic carbocycles. The number of hydrogen-bond acceptors (Lipinski definition) is 0. The molecule has 17 heavy (non-hydrogen) atoms. The molecule has 0 aromatic heterocycles. The van der Waals surface area contributed by atoms with Gasteiger partial charge in [0.25, 0.3) is 0 Å². The summed E-state index contributed by atoms with van der Waals surface area (Å²) in [6.07, 6.45) is 0. The average molecular weight is 242 g/mol. The smallest absolute Gasteiger partial charge is 0.0132 e. The molecule has 0 bridgehead atoms. The van der Waals surface area contributed by atoms with Crippen molar-refractivity contribution in [3.05, 3.63) is 60.2 Å².